The van der Waals surface area contributed by atoms with Gasteiger partial charge >= 0.3 is 0 Å². The number of hydrogen-bond acceptors (Lipinski definition) is 4. The number of hydrogen-bond donors (Lipinski definition) is 3. The highest BCUT2D eigenvalue weighted by atomic mass is 32.1. The van der Waals surface area contributed by atoms with E-state index in [0.29, 0.717) is 17.0 Å². The molecule has 0 spiro atoms. The first-order valence-electron chi connectivity index (χ1n) is 6.92. The number of rotatable bonds is 6. The SMILES string of the molecule is CC(CO)NC(=O)c1ccc(CNC(=O)c2cccs2)cc1. The van der Waals surface area contributed by atoms with E-state index in [1.54, 1.807) is 37.3 Å². The third kappa shape index (κ3) is 4.41. The van der Waals surface area contributed by atoms with Crippen molar-refractivity contribution in [3.63, 3.8) is 0 Å². The van der Waals surface area contributed by atoms with E-state index >= 15 is 0 Å². The molecule has 0 aliphatic rings. The summed E-state index contributed by atoms with van der Waals surface area (Å²) in [7, 11) is 0. The zero-order chi connectivity index (χ0) is 15.9. The summed E-state index contributed by atoms with van der Waals surface area (Å²) in [5.74, 6) is -0.329. The Labute approximate surface area is 133 Å². The van der Waals surface area contributed by atoms with Gasteiger partial charge in [0.05, 0.1) is 11.5 Å². The minimum Gasteiger partial charge on any atom is -0.394 e. The number of amides is 2. The Balaban J connectivity index is 1.89. The lowest BCUT2D eigenvalue weighted by molar-refractivity contribution is 0.0920. The number of thiophene rings is 1. The van der Waals surface area contributed by atoms with Crippen molar-refractivity contribution in [2.75, 3.05) is 6.61 Å². The molecular weight excluding hydrogens is 300 g/mol. The van der Waals surface area contributed by atoms with Crippen molar-refractivity contribution in [1.82, 2.24) is 10.6 Å². The molecule has 0 fully saturated rings. The Bertz CT molecular complexity index is 623. The second kappa shape index (κ2) is 7.72. The van der Waals surface area contributed by atoms with Crippen LogP contribution in [0.25, 0.3) is 0 Å². The Hall–Kier alpha value is -2.18. The van der Waals surface area contributed by atoms with Crippen LogP contribution >= 0.6 is 11.3 Å². The summed E-state index contributed by atoms with van der Waals surface area (Å²) in [6.07, 6.45) is 0. The first kappa shape index (κ1) is 16.2. The molecule has 2 aromatic rings. The zero-order valence-electron chi connectivity index (χ0n) is 12.2. The average molecular weight is 318 g/mol. The van der Waals surface area contributed by atoms with Crippen LogP contribution in [-0.4, -0.2) is 29.6 Å². The summed E-state index contributed by atoms with van der Waals surface area (Å²) < 4.78 is 0. The predicted octanol–water partition coefficient (Wildman–Crippen LogP) is 1.79. The van der Waals surface area contributed by atoms with Gasteiger partial charge in [-0.2, -0.15) is 0 Å². The lowest BCUT2D eigenvalue weighted by Crippen LogP contribution is -2.34. The Morgan fingerprint density at radius 2 is 1.91 bits per heavy atom. The van der Waals surface area contributed by atoms with E-state index in [1.165, 1.54) is 11.3 Å². The third-order valence-electron chi connectivity index (χ3n) is 3.07. The summed E-state index contributed by atoms with van der Waals surface area (Å²) in [6, 6.07) is 10.3. The lowest BCUT2D eigenvalue weighted by Gasteiger charge is -2.11. The van der Waals surface area contributed by atoms with Crippen LogP contribution in [0, 0.1) is 0 Å². The van der Waals surface area contributed by atoms with Crippen LogP contribution < -0.4 is 10.6 Å². The molecule has 0 aliphatic heterocycles. The van der Waals surface area contributed by atoms with Crippen molar-refractivity contribution >= 4 is 23.2 Å². The highest BCUT2D eigenvalue weighted by Gasteiger charge is 2.09. The van der Waals surface area contributed by atoms with E-state index in [4.69, 9.17) is 5.11 Å². The molecule has 1 heterocycles. The fraction of sp³-hybridized carbons (Fsp3) is 0.250. The normalized spacial score (nSPS) is 11.7. The highest BCUT2D eigenvalue weighted by Crippen LogP contribution is 2.09. The largest absolute Gasteiger partial charge is 0.394 e. The maximum atomic E-state index is 11.9. The van der Waals surface area contributed by atoms with Crippen LogP contribution in [-0.2, 0) is 6.54 Å². The van der Waals surface area contributed by atoms with E-state index in [2.05, 4.69) is 10.6 Å². The molecule has 2 rings (SSSR count). The molecule has 1 atom stereocenters. The van der Waals surface area contributed by atoms with E-state index in [9.17, 15) is 9.59 Å². The van der Waals surface area contributed by atoms with Gasteiger partial charge in [-0.1, -0.05) is 18.2 Å². The molecule has 1 aromatic heterocycles. The molecule has 0 saturated carbocycles. The molecule has 1 aromatic carbocycles. The van der Waals surface area contributed by atoms with Gasteiger partial charge in [-0.05, 0) is 36.1 Å². The Kier molecular flexibility index (Phi) is 5.68. The maximum Gasteiger partial charge on any atom is 0.261 e. The van der Waals surface area contributed by atoms with Crippen LogP contribution in [0.1, 0.15) is 32.5 Å². The molecule has 5 nitrogen and oxygen atoms in total. The third-order valence-corrected chi connectivity index (χ3v) is 3.93. The fourth-order valence-corrected chi connectivity index (χ4v) is 2.44. The van der Waals surface area contributed by atoms with Crippen LogP contribution in [0.15, 0.2) is 41.8 Å². The van der Waals surface area contributed by atoms with Crippen molar-refractivity contribution in [3.05, 3.63) is 57.8 Å². The molecule has 3 N–H and O–H groups in total. The second-order valence-corrected chi connectivity index (χ2v) is 5.86. The summed E-state index contributed by atoms with van der Waals surface area (Å²) in [6.45, 7) is 2.04. The van der Waals surface area contributed by atoms with Gasteiger partial charge in [-0.15, -0.1) is 11.3 Å². The average Bonchev–Trinajstić information content (AvgIpc) is 3.07. The summed E-state index contributed by atoms with van der Waals surface area (Å²) >= 11 is 1.39. The number of benzene rings is 1. The Morgan fingerprint density at radius 1 is 1.18 bits per heavy atom. The van der Waals surface area contributed by atoms with Crippen molar-refractivity contribution in [1.29, 1.82) is 0 Å². The number of aliphatic hydroxyl groups is 1. The van der Waals surface area contributed by atoms with E-state index < -0.39 is 0 Å². The summed E-state index contributed by atoms with van der Waals surface area (Å²) in [5, 5.41) is 16.3. The zero-order valence-corrected chi connectivity index (χ0v) is 13.0. The van der Waals surface area contributed by atoms with Gasteiger partial charge in [0.25, 0.3) is 11.8 Å². The van der Waals surface area contributed by atoms with Crippen molar-refractivity contribution < 1.29 is 14.7 Å². The van der Waals surface area contributed by atoms with Crippen LogP contribution in [0.5, 0.6) is 0 Å². The number of nitrogens with one attached hydrogen (secondary N) is 2. The van der Waals surface area contributed by atoms with E-state index in [0.717, 1.165) is 5.56 Å². The van der Waals surface area contributed by atoms with Crippen LogP contribution in [0.3, 0.4) is 0 Å². The first-order valence-corrected chi connectivity index (χ1v) is 7.80. The minimum atomic E-state index is -0.280. The number of carbonyl (C=O) groups is 2. The molecule has 0 aliphatic carbocycles. The molecular formula is C16H18N2O3S. The molecule has 0 radical (unpaired) electrons. The van der Waals surface area contributed by atoms with Crippen molar-refractivity contribution in [2.24, 2.45) is 0 Å². The number of carbonyl (C=O) groups excluding carboxylic acids is 2. The van der Waals surface area contributed by atoms with Crippen LogP contribution in [0.2, 0.25) is 0 Å². The second-order valence-electron chi connectivity index (χ2n) is 4.91. The maximum absolute atomic E-state index is 11.9. The van der Waals surface area contributed by atoms with Gasteiger partial charge < -0.3 is 15.7 Å². The van der Waals surface area contributed by atoms with Gasteiger partial charge in [-0.25, -0.2) is 0 Å². The highest BCUT2D eigenvalue weighted by molar-refractivity contribution is 7.12. The summed E-state index contributed by atoms with van der Waals surface area (Å²) in [4.78, 5) is 24.4. The fourth-order valence-electron chi connectivity index (χ4n) is 1.80. The molecule has 1 unspecified atom stereocenters. The van der Waals surface area contributed by atoms with E-state index in [1.807, 2.05) is 11.4 Å². The molecule has 0 bridgehead atoms. The molecule has 22 heavy (non-hydrogen) atoms. The smallest absolute Gasteiger partial charge is 0.261 e. The van der Waals surface area contributed by atoms with Gasteiger partial charge in [0.1, 0.15) is 0 Å². The van der Waals surface area contributed by atoms with Crippen molar-refractivity contribution in [3.8, 4) is 0 Å². The molecule has 2 amide bonds. The predicted molar refractivity (Wildman–Crippen MR) is 85.9 cm³/mol. The van der Waals surface area contributed by atoms with Crippen LogP contribution in [0.4, 0.5) is 0 Å². The molecule has 0 saturated heterocycles. The Morgan fingerprint density at radius 3 is 2.50 bits per heavy atom. The van der Waals surface area contributed by atoms with Gasteiger partial charge in [0.15, 0.2) is 0 Å². The first-order chi connectivity index (χ1) is 10.6. The van der Waals surface area contributed by atoms with Gasteiger partial charge in [0, 0.05) is 18.2 Å². The minimum absolute atomic E-state index is 0.0986. The molecule has 6 heteroatoms. The van der Waals surface area contributed by atoms with Gasteiger partial charge in [0.2, 0.25) is 0 Å². The topological polar surface area (TPSA) is 78.4 Å². The standard InChI is InChI=1S/C16H18N2O3S/c1-11(10-19)18-15(20)13-6-4-12(5-7-13)9-17-16(21)14-3-2-8-22-14/h2-8,11,19H,9-10H2,1H3,(H,17,21)(H,18,20). The lowest BCUT2D eigenvalue weighted by atomic mass is 10.1. The monoisotopic (exact) mass is 318 g/mol. The van der Waals surface area contributed by atoms with Gasteiger partial charge in [-0.3, -0.25) is 9.59 Å². The quantitative estimate of drug-likeness (QED) is 0.760. The van der Waals surface area contributed by atoms with Crippen molar-refractivity contribution in [2.45, 2.75) is 19.5 Å². The summed E-state index contributed by atoms with van der Waals surface area (Å²) in [5.41, 5.74) is 1.44. The van der Waals surface area contributed by atoms with E-state index in [-0.39, 0.29) is 24.5 Å². The number of aliphatic hydroxyl groups excluding tert-OH is 1. The molecule has 116 valence electrons.